The quantitative estimate of drug-likeness (QED) is 0.778. The van der Waals surface area contributed by atoms with Crippen LogP contribution in [0.1, 0.15) is 51.5 Å². The number of aryl methyl sites for hydroxylation is 3. The van der Waals surface area contributed by atoms with Gasteiger partial charge in [0.1, 0.15) is 17.4 Å². The van der Waals surface area contributed by atoms with Crippen molar-refractivity contribution >= 4 is 29.1 Å². The van der Waals surface area contributed by atoms with Crippen molar-refractivity contribution in [2.75, 3.05) is 6.54 Å². The van der Waals surface area contributed by atoms with Crippen LogP contribution in [0.5, 0.6) is 0 Å². The van der Waals surface area contributed by atoms with Crippen molar-refractivity contribution in [2.24, 2.45) is 5.92 Å². The van der Waals surface area contributed by atoms with Crippen LogP contribution in [0.15, 0.2) is 30.5 Å². The van der Waals surface area contributed by atoms with Gasteiger partial charge in [0, 0.05) is 25.1 Å². The van der Waals surface area contributed by atoms with Gasteiger partial charge in [-0.05, 0) is 56.0 Å². The molecule has 1 aromatic heterocycles. The van der Waals surface area contributed by atoms with E-state index in [0.29, 0.717) is 6.42 Å². The molecule has 0 bridgehead atoms. The summed E-state index contributed by atoms with van der Waals surface area (Å²) >= 11 is 5.97. The molecule has 28 heavy (non-hydrogen) atoms. The van der Waals surface area contributed by atoms with E-state index in [1.807, 2.05) is 32.9 Å². The Bertz CT molecular complexity index is 932. The largest absolute Gasteiger partial charge is 0.351 e. The summed E-state index contributed by atoms with van der Waals surface area (Å²) in [5.74, 6) is -1.54. The van der Waals surface area contributed by atoms with Crippen molar-refractivity contribution in [3.8, 4) is 0 Å². The number of halogens is 1. The van der Waals surface area contributed by atoms with Crippen LogP contribution < -0.4 is 5.32 Å². The van der Waals surface area contributed by atoms with Crippen molar-refractivity contribution < 1.29 is 14.4 Å². The Kier molecular flexibility index (Phi) is 5.94. The maximum Gasteiger partial charge on any atom is 0.271 e. The van der Waals surface area contributed by atoms with Crippen molar-refractivity contribution in [3.63, 3.8) is 0 Å². The van der Waals surface area contributed by atoms with Gasteiger partial charge in [-0.2, -0.15) is 0 Å². The minimum absolute atomic E-state index is 0.0378. The fraction of sp³-hybridized carbons (Fsp3) is 0.364. The number of rotatable bonds is 5. The number of nitrogens with zero attached hydrogens (tertiary/aromatic N) is 1. The number of nitrogens with one attached hydrogen (secondary N) is 1. The van der Waals surface area contributed by atoms with E-state index in [2.05, 4.69) is 10.3 Å². The van der Waals surface area contributed by atoms with Crippen molar-refractivity contribution in [1.82, 2.24) is 10.3 Å². The number of ketones is 2. The first kappa shape index (κ1) is 20.2. The fourth-order valence-electron chi connectivity index (χ4n) is 4.05. The third-order valence-electron chi connectivity index (χ3n) is 5.24. The summed E-state index contributed by atoms with van der Waals surface area (Å²) in [6.45, 7) is 6.18. The topological polar surface area (TPSA) is 76.1 Å². The van der Waals surface area contributed by atoms with Crippen LogP contribution in [0.3, 0.4) is 0 Å². The van der Waals surface area contributed by atoms with Crippen LogP contribution in [0.25, 0.3) is 0 Å². The number of benzene rings is 1. The van der Waals surface area contributed by atoms with Crippen LogP contribution in [-0.2, 0) is 9.59 Å². The zero-order valence-electron chi connectivity index (χ0n) is 16.2. The van der Waals surface area contributed by atoms with Gasteiger partial charge in [-0.25, -0.2) is 4.98 Å². The molecular formula is C22H23ClN2O3. The molecule has 2 atom stereocenters. The van der Waals surface area contributed by atoms with Crippen LogP contribution in [0, 0.1) is 26.7 Å². The molecule has 1 aliphatic carbocycles. The fourth-order valence-corrected chi connectivity index (χ4v) is 4.25. The predicted molar refractivity (Wildman–Crippen MR) is 108 cm³/mol. The lowest BCUT2D eigenvalue weighted by molar-refractivity contribution is -0.124. The Morgan fingerprint density at radius 2 is 1.89 bits per heavy atom. The normalized spacial score (nSPS) is 19.1. The second-order valence-electron chi connectivity index (χ2n) is 7.39. The molecule has 5 nitrogen and oxygen atoms in total. The Labute approximate surface area is 169 Å². The maximum absolute atomic E-state index is 12.9. The Morgan fingerprint density at radius 3 is 2.54 bits per heavy atom. The number of hydrogen-bond acceptors (Lipinski definition) is 4. The summed E-state index contributed by atoms with van der Waals surface area (Å²) in [6, 6.07) is 7.26. The zero-order valence-corrected chi connectivity index (χ0v) is 17.0. The molecule has 1 amide bonds. The van der Waals surface area contributed by atoms with Crippen LogP contribution in [0.4, 0.5) is 0 Å². The summed E-state index contributed by atoms with van der Waals surface area (Å²) in [7, 11) is 0. The van der Waals surface area contributed by atoms with Crippen molar-refractivity contribution in [3.05, 3.63) is 63.4 Å². The smallest absolute Gasteiger partial charge is 0.271 e. The summed E-state index contributed by atoms with van der Waals surface area (Å²) in [5.41, 5.74) is 4.06. The number of amides is 1. The summed E-state index contributed by atoms with van der Waals surface area (Å²) < 4.78 is 0. The highest BCUT2D eigenvalue weighted by atomic mass is 35.5. The van der Waals surface area contributed by atoms with Gasteiger partial charge in [-0.3, -0.25) is 14.4 Å². The summed E-state index contributed by atoms with van der Waals surface area (Å²) in [6.07, 6.45) is 2.13. The second kappa shape index (κ2) is 8.23. The molecule has 0 aliphatic heterocycles. The van der Waals surface area contributed by atoms with E-state index < -0.39 is 5.92 Å². The highest BCUT2D eigenvalue weighted by molar-refractivity contribution is 6.33. The molecule has 0 spiro atoms. The summed E-state index contributed by atoms with van der Waals surface area (Å²) in [4.78, 5) is 41.7. The lowest BCUT2D eigenvalue weighted by atomic mass is 9.86. The molecule has 2 unspecified atom stereocenters. The highest BCUT2D eigenvalue weighted by Crippen LogP contribution is 2.37. The van der Waals surface area contributed by atoms with Gasteiger partial charge >= 0.3 is 0 Å². The minimum Gasteiger partial charge on any atom is -0.351 e. The van der Waals surface area contributed by atoms with Crippen molar-refractivity contribution in [1.29, 1.82) is 0 Å². The van der Waals surface area contributed by atoms with Gasteiger partial charge in [-0.15, -0.1) is 0 Å². The lowest BCUT2D eigenvalue weighted by Crippen LogP contribution is -2.28. The van der Waals surface area contributed by atoms with Gasteiger partial charge < -0.3 is 5.32 Å². The number of pyridine rings is 1. The zero-order chi connectivity index (χ0) is 20.4. The molecule has 3 rings (SSSR count). The molecule has 146 valence electrons. The second-order valence-corrected chi connectivity index (χ2v) is 7.80. The maximum atomic E-state index is 12.9. The van der Waals surface area contributed by atoms with E-state index in [1.54, 1.807) is 12.1 Å². The molecule has 6 heteroatoms. The van der Waals surface area contributed by atoms with E-state index in [0.717, 1.165) is 22.3 Å². The Hall–Kier alpha value is -2.53. The third kappa shape index (κ3) is 3.99. The first-order chi connectivity index (χ1) is 13.3. The molecule has 0 radical (unpaired) electrons. The minimum atomic E-state index is -0.688. The Morgan fingerprint density at radius 1 is 1.21 bits per heavy atom. The molecule has 0 saturated heterocycles. The standard InChI is InChI=1S/C22H23ClN2O3/c1-12-9-13(2)18(14(3)10-12)19-17(26)11-15(21(19)27)6-8-25-22(28)20-16(23)5-4-7-24-20/h4-5,7,9-10,15,19H,6,8,11H2,1-3H3,(H,25,28). The first-order valence-corrected chi connectivity index (χ1v) is 9.70. The molecule has 1 aromatic carbocycles. The number of carbonyl (C=O) groups excluding carboxylic acids is 3. The highest BCUT2D eigenvalue weighted by Gasteiger charge is 2.42. The van der Waals surface area contributed by atoms with Gasteiger partial charge in [0.25, 0.3) is 5.91 Å². The monoisotopic (exact) mass is 398 g/mol. The molecule has 1 aliphatic rings. The van der Waals surface area contributed by atoms with Gasteiger partial charge in [-0.1, -0.05) is 29.3 Å². The van der Waals surface area contributed by atoms with Gasteiger partial charge in [0.15, 0.2) is 5.78 Å². The Balaban J connectivity index is 1.66. The van der Waals surface area contributed by atoms with E-state index >= 15 is 0 Å². The molecule has 1 saturated carbocycles. The SMILES string of the molecule is Cc1cc(C)c(C2C(=O)CC(CCNC(=O)c3ncccc3Cl)C2=O)c(C)c1. The van der Waals surface area contributed by atoms with Gasteiger partial charge in [0.05, 0.1) is 5.02 Å². The average molecular weight is 399 g/mol. The average Bonchev–Trinajstić information content (AvgIpc) is 2.89. The molecule has 1 N–H and O–H groups in total. The number of hydrogen-bond donors (Lipinski definition) is 1. The number of Topliss-reactive ketones (excluding diaryl/α,β-unsaturated/α-hetero) is 2. The van der Waals surface area contributed by atoms with Crippen molar-refractivity contribution in [2.45, 2.75) is 39.5 Å². The molecular weight excluding hydrogens is 376 g/mol. The molecule has 2 aromatic rings. The van der Waals surface area contributed by atoms with Crippen LogP contribution >= 0.6 is 11.6 Å². The van der Waals surface area contributed by atoms with E-state index in [1.165, 1.54) is 6.20 Å². The molecule has 1 fully saturated rings. The summed E-state index contributed by atoms with van der Waals surface area (Å²) in [5, 5.41) is 3.01. The third-order valence-corrected chi connectivity index (χ3v) is 5.54. The van der Waals surface area contributed by atoms with Gasteiger partial charge in [0.2, 0.25) is 0 Å². The first-order valence-electron chi connectivity index (χ1n) is 9.32. The van der Waals surface area contributed by atoms with E-state index in [9.17, 15) is 14.4 Å². The number of aromatic nitrogens is 1. The van der Waals surface area contributed by atoms with E-state index in [4.69, 9.17) is 11.6 Å². The van der Waals surface area contributed by atoms with E-state index in [-0.39, 0.29) is 47.1 Å². The molecule has 1 heterocycles. The number of carbonyl (C=O) groups is 3. The predicted octanol–water partition coefficient (Wildman–Crippen LogP) is 3.72. The lowest BCUT2D eigenvalue weighted by Gasteiger charge is -2.16. The van der Waals surface area contributed by atoms with Crippen LogP contribution in [0.2, 0.25) is 5.02 Å². The van der Waals surface area contributed by atoms with Crippen LogP contribution in [-0.4, -0.2) is 29.0 Å².